The van der Waals surface area contributed by atoms with Gasteiger partial charge in [0.05, 0.1) is 13.2 Å². The van der Waals surface area contributed by atoms with Gasteiger partial charge in [-0.05, 0) is 12.0 Å². The predicted molar refractivity (Wildman–Crippen MR) is 77.0 cm³/mol. The Balaban J connectivity index is 2.70. The van der Waals surface area contributed by atoms with Crippen molar-refractivity contribution < 1.29 is 14.3 Å². The minimum Gasteiger partial charge on any atom is -0.467 e. The molecule has 0 aliphatic carbocycles. The van der Waals surface area contributed by atoms with Gasteiger partial charge >= 0.3 is 5.97 Å². The highest BCUT2D eigenvalue weighted by Crippen LogP contribution is 2.05. The molecule has 0 radical (unpaired) electrons. The van der Waals surface area contributed by atoms with Crippen LogP contribution in [-0.2, 0) is 20.7 Å². The molecule has 0 heterocycles. The van der Waals surface area contributed by atoms with E-state index in [0.717, 1.165) is 12.0 Å². The number of hydrogen-bond donors (Lipinski definition) is 2. The highest BCUT2D eigenvalue weighted by atomic mass is 16.5. The molecule has 3 N–H and O–H groups in total. The molecule has 2 atom stereocenters. The molecule has 0 aliphatic heterocycles. The minimum absolute atomic E-state index is 0.321. The van der Waals surface area contributed by atoms with Crippen molar-refractivity contribution >= 4 is 11.9 Å². The van der Waals surface area contributed by atoms with Crippen molar-refractivity contribution in [1.82, 2.24) is 5.32 Å². The van der Waals surface area contributed by atoms with Crippen LogP contribution in [-0.4, -0.2) is 31.1 Å². The van der Waals surface area contributed by atoms with Crippen molar-refractivity contribution in [3.05, 3.63) is 35.9 Å². The molecular formula is C15H22N2O3. The molecule has 0 saturated carbocycles. The molecule has 0 aliphatic rings. The van der Waals surface area contributed by atoms with Crippen LogP contribution in [0.2, 0.25) is 0 Å². The summed E-state index contributed by atoms with van der Waals surface area (Å²) in [7, 11) is 1.30. The third-order valence-corrected chi connectivity index (χ3v) is 3.02. The first-order chi connectivity index (χ1) is 9.58. The fourth-order valence-corrected chi connectivity index (χ4v) is 1.91. The van der Waals surface area contributed by atoms with Crippen LogP contribution in [0.4, 0.5) is 0 Å². The van der Waals surface area contributed by atoms with Crippen LogP contribution in [0.1, 0.15) is 25.3 Å². The Hall–Kier alpha value is -1.88. The van der Waals surface area contributed by atoms with Crippen LogP contribution in [0.15, 0.2) is 30.3 Å². The molecule has 5 heteroatoms. The van der Waals surface area contributed by atoms with E-state index in [9.17, 15) is 9.59 Å². The highest BCUT2D eigenvalue weighted by Gasteiger charge is 2.24. The summed E-state index contributed by atoms with van der Waals surface area (Å²) in [6, 6.07) is 8.15. The van der Waals surface area contributed by atoms with E-state index in [2.05, 4.69) is 5.32 Å². The monoisotopic (exact) mass is 278 g/mol. The Morgan fingerprint density at radius 1 is 1.30 bits per heavy atom. The molecule has 1 rings (SSSR count). The van der Waals surface area contributed by atoms with Crippen molar-refractivity contribution in [3.8, 4) is 0 Å². The minimum atomic E-state index is -0.710. The number of methoxy groups -OCH3 is 1. The van der Waals surface area contributed by atoms with Gasteiger partial charge < -0.3 is 15.8 Å². The zero-order valence-electron chi connectivity index (χ0n) is 12.0. The quantitative estimate of drug-likeness (QED) is 0.729. The lowest BCUT2D eigenvalue weighted by Gasteiger charge is -2.19. The van der Waals surface area contributed by atoms with Crippen molar-refractivity contribution in [2.24, 2.45) is 5.73 Å². The largest absolute Gasteiger partial charge is 0.467 e. The Kier molecular flexibility index (Phi) is 6.73. The molecule has 1 aromatic rings. The first kappa shape index (κ1) is 16.2. The number of nitrogens with one attached hydrogen (secondary N) is 1. The van der Waals surface area contributed by atoms with E-state index in [-0.39, 0.29) is 5.91 Å². The second-order valence-electron chi connectivity index (χ2n) is 4.67. The normalized spacial score (nSPS) is 13.3. The average molecular weight is 278 g/mol. The molecule has 0 aromatic heterocycles. The van der Waals surface area contributed by atoms with Crippen molar-refractivity contribution in [2.45, 2.75) is 38.3 Å². The number of amides is 1. The Bertz CT molecular complexity index is 434. The van der Waals surface area contributed by atoms with Crippen LogP contribution in [0, 0.1) is 0 Å². The van der Waals surface area contributed by atoms with Gasteiger partial charge in [0.15, 0.2) is 0 Å². The van der Waals surface area contributed by atoms with Gasteiger partial charge in [-0.25, -0.2) is 4.79 Å². The average Bonchev–Trinajstić information content (AvgIpc) is 2.47. The summed E-state index contributed by atoms with van der Waals surface area (Å²) < 4.78 is 4.73. The maximum atomic E-state index is 11.9. The highest BCUT2D eigenvalue weighted by molar-refractivity contribution is 5.87. The maximum absolute atomic E-state index is 11.9. The zero-order valence-corrected chi connectivity index (χ0v) is 12.0. The third kappa shape index (κ3) is 5.01. The molecule has 1 aromatic carbocycles. The first-order valence-corrected chi connectivity index (χ1v) is 6.76. The van der Waals surface area contributed by atoms with E-state index in [1.807, 2.05) is 37.3 Å². The summed E-state index contributed by atoms with van der Waals surface area (Å²) in [6.07, 6.45) is 1.79. The van der Waals surface area contributed by atoms with Crippen LogP contribution in [0.5, 0.6) is 0 Å². The summed E-state index contributed by atoms with van der Waals surface area (Å²) >= 11 is 0. The van der Waals surface area contributed by atoms with Crippen LogP contribution < -0.4 is 11.1 Å². The number of benzene rings is 1. The van der Waals surface area contributed by atoms with Gasteiger partial charge in [0.2, 0.25) is 5.91 Å². The fraction of sp³-hybridized carbons (Fsp3) is 0.467. The lowest BCUT2D eigenvalue weighted by atomic mass is 10.1. The lowest BCUT2D eigenvalue weighted by molar-refractivity contribution is -0.145. The third-order valence-electron chi connectivity index (χ3n) is 3.02. The van der Waals surface area contributed by atoms with Crippen molar-refractivity contribution in [1.29, 1.82) is 0 Å². The maximum Gasteiger partial charge on any atom is 0.328 e. The summed E-state index contributed by atoms with van der Waals surface area (Å²) in [5.41, 5.74) is 6.70. The summed E-state index contributed by atoms with van der Waals surface area (Å²) in [5, 5.41) is 2.66. The molecule has 1 amide bonds. The van der Waals surface area contributed by atoms with Gasteiger partial charge in [0.25, 0.3) is 0 Å². The van der Waals surface area contributed by atoms with Crippen molar-refractivity contribution in [2.75, 3.05) is 7.11 Å². The van der Waals surface area contributed by atoms with Gasteiger partial charge in [0.1, 0.15) is 6.04 Å². The second-order valence-corrected chi connectivity index (χ2v) is 4.67. The predicted octanol–water partition coefficient (Wildman–Crippen LogP) is 1.01. The number of carbonyl (C=O) groups excluding carboxylic acids is 2. The molecule has 0 saturated heterocycles. The van der Waals surface area contributed by atoms with Crippen molar-refractivity contribution in [3.63, 3.8) is 0 Å². The number of carbonyl (C=O) groups is 2. The van der Waals surface area contributed by atoms with E-state index in [1.54, 1.807) is 0 Å². The van der Waals surface area contributed by atoms with Gasteiger partial charge in [-0.15, -0.1) is 0 Å². The number of rotatable bonds is 7. The van der Waals surface area contributed by atoms with Gasteiger partial charge in [0, 0.05) is 6.42 Å². The fourth-order valence-electron chi connectivity index (χ4n) is 1.91. The summed E-state index contributed by atoms with van der Waals surface area (Å²) in [6.45, 7) is 1.95. The topological polar surface area (TPSA) is 81.4 Å². The van der Waals surface area contributed by atoms with Gasteiger partial charge in [-0.1, -0.05) is 43.7 Å². The van der Waals surface area contributed by atoms with E-state index in [1.165, 1.54) is 7.11 Å². The molecule has 5 nitrogen and oxygen atoms in total. The first-order valence-electron chi connectivity index (χ1n) is 6.76. The molecule has 110 valence electrons. The smallest absolute Gasteiger partial charge is 0.328 e. The van der Waals surface area contributed by atoms with Gasteiger partial charge in [-0.3, -0.25) is 4.79 Å². The van der Waals surface area contributed by atoms with Gasteiger partial charge in [-0.2, -0.15) is 0 Å². The summed E-state index contributed by atoms with van der Waals surface area (Å²) in [5.74, 6) is -0.788. The SMILES string of the molecule is CCCC(N)C(=O)NC(Cc1ccccc1)C(=O)OC. The molecule has 0 fully saturated rings. The number of esters is 1. The Morgan fingerprint density at radius 2 is 1.95 bits per heavy atom. The molecular weight excluding hydrogens is 256 g/mol. The Morgan fingerprint density at radius 3 is 2.50 bits per heavy atom. The van der Waals surface area contributed by atoms with E-state index < -0.39 is 18.1 Å². The van der Waals surface area contributed by atoms with Crippen LogP contribution >= 0.6 is 0 Å². The van der Waals surface area contributed by atoms with Crippen LogP contribution in [0.25, 0.3) is 0 Å². The molecule has 0 bridgehead atoms. The van der Waals surface area contributed by atoms with E-state index in [0.29, 0.717) is 12.8 Å². The van der Waals surface area contributed by atoms with E-state index >= 15 is 0 Å². The Labute approximate surface area is 119 Å². The van der Waals surface area contributed by atoms with E-state index in [4.69, 9.17) is 10.5 Å². The second kappa shape index (κ2) is 8.32. The number of ether oxygens (including phenoxy) is 1. The van der Waals surface area contributed by atoms with Crippen LogP contribution in [0.3, 0.4) is 0 Å². The number of nitrogens with two attached hydrogens (primary N) is 1. The molecule has 0 spiro atoms. The zero-order chi connectivity index (χ0) is 15.0. The molecule has 20 heavy (non-hydrogen) atoms. The standard InChI is InChI=1S/C15H22N2O3/c1-3-7-12(16)14(18)17-13(15(19)20-2)10-11-8-5-4-6-9-11/h4-6,8-9,12-13H,3,7,10,16H2,1-2H3,(H,17,18). The molecule has 2 unspecified atom stereocenters. The lowest BCUT2D eigenvalue weighted by Crippen LogP contribution is -2.49. The number of hydrogen-bond acceptors (Lipinski definition) is 4. The summed E-state index contributed by atoms with van der Waals surface area (Å²) in [4.78, 5) is 23.7.